The summed E-state index contributed by atoms with van der Waals surface area (Å²) >= 11 is 0. The van der Waals surface area contributed by atoms with E-state index in [4.69, 9.17) is 5.73 Å². The second-order valence-corrected chi connectivity index (χ2v) is 7.12. The molecule has 0 spiro atoms. The number of anilines is 2. The maximum Gasteiger partial charge on any atom is 0.283 e. The highest BCUT2D eigenvalue weighted by Gasteiger charge is 2.31. The number of fused-ring (bicyclic) bond motifs is 1. The molecule has 0 radical (unpaired) electrons. The lowest BCUT2D eigenvalue weighted by molar-refractivity contribution is 0.583. The highest BCUT2D eigenvalue weighted by atomic mass is 32.2. The quantitative estimate of drug-likeness (QED) is 0.852. The van der Waals surface area contributed by atoms with E-state index in [1.54, 1.807) is 36.9 Å². The molecule has 1 aromatic carbocycles. The van der Waals surface area contributed by atoms with E-state index in [2.05, 4.69) is 4.98 Å². The maximum absolute atomic E-state index is 12.8. The predicted molar refractivity (Wildman–Crippen MR) is 81.7 cm³/mol. The van der Waals surface area contributed by atoms with Gasteiger partial charge in [-0.3, -0.25) is 4.31 Å². The zero-order chi connectivity index (χ0) is 15.2. The molecule has 2 aromatic rings. The maximum atomic E-state index is 12.8. The lowest BCUT2D eigenvalue weighted by atomic mass is 10.0. The molecule has 0 fully saturated rings. The number of imidazole rings is 1. The molecule has 2 heterocycles. The van der Waals surface area contributed by atoms with Gasteiger partial charge in [-0.2, -0.15) is 8.42 Å². The Morgan fingerprint density at radius 1 is 1.33 bits per heavy atom. The summed E-state index contributed by atoms with van der Waals surface area (Å²) in [4.78, 5) is 4.16. The van der Waals surface area contributed by atoms with E-state index in [9.17, 15) is 8.42 Å². The highest BCUT2D eigenvalue weighted by Crippen LogP contribution is 2.32. The summed E-state index contributed by atoms with van der Waals surface area (Å²) in [6, 6.07) is 5.36. The topological polar surface area (TPSA) is 81.2 Å². The number of sulfonamides is 1. The summed E-state index contributed by atoms with van der Waals surface area (Å²) in [6.45, 7) is 2.25. The lowest BCUT2D eigenvalue weighted by Crippen LogP contribution is -2.35. The number of aryl methyl sites for hydroxylation is 3. The van der Waals surface area contributed by atoms with Gasteiger partial charge in [0.1, 0.15) is 5.82 Å². The van der Waals surface area contributed by atoms with Crippen molar-refractivity contribution >= 4 is 21.4 Å². The first-order chi connectivity index (χ1) is 9.89. The predicted octanol–water partition coefficient (Wildman–Crippen LogP) is 1.45. The second kappa shape index (κ2) is 4.77. The zero-order valence-electron chi connectivity index (χ0n) is 12.1. The third kappa shape index (κ3) is 2.27. The Hall–Kier alpha value is -2.02. The van der Waals surface area contributed by atoms with Crippen LogP contribution >= 0.6 is 0 Å². The van der Waals surface area contributed by atoms with Crippen LogP contribution in [0.4, 0.5) is 11.4 Å². The summed E-state index contributed by atoms with van der Waals surface area (Å²) < 4.78 is 28.8. The number of hydrogen-bond donors (Lipinski definition) is 1. The Balaban J connectivity index is 2.09. The van der Waals surface area contributed by atoms with Crippen molar-refractivity contribution in [3.05, 3.63) is 35.8 Å². The van der Waals surface area contributed by atoms with Gasteiger partial charge in [-0.25, -0.2) is 4.98 Å². The summed E-state index contributed by atoms with van der Waals surface area (Å²) in [5, 5.41) is 0.0900. The Kier molecular flexibility index (Phi) is 3.16. The molecule has 0 saturated carbocycles. The molecular weight excluding hydrogens is 288 g/mol. The van der Waals surface area contributed by atoms with Crippen LogP contribution in [0.5, 0.6) is 0 Å². The molecule has 6 nitrogen and oxygen atoms in total. The molecule has 0 saturated heterocycles. The molecule has 0 bridgehead atoms. The van der Waals surface area contributed by atoms with Gasteiger partial charge in [0.25, 0.3) is 10.0 Å². The van der Waals surface area contributed by atoms with E-state index in [1.807, 2.05) is 6.07 Å². The minimum Gasteiger partial charge on any atom is -0.399 e. The van der Waals surface area contributed by atoms with Crippen LogP contribution in [0.15, 0.2) is 29.4 Å². The van der Waals surface area contributed by atoms with Crippen LogP contribution in [0.2, 0.25) is 0 Å². The van der Waals surface area contributed by atoms with E-state index in [1.165, 1.54) is 4.31 Å². The summed E-state index contributed by atoms with van der Waals surface area (Å²) in [5.41, 5.74) is 8.12. The minimum atomic E-state index is -3.63. The highest BCUT2D eigenvalue weighted by molar-refractivity contribution is 7.92. The van der Waals surface area contributed by atoms with Crippen LogP contribution in [0.1, 0.15) is 17.8 Å². The zero-order valence-corrected chi connectivity index (χ0v) is 12.9. The van der Waals surface area contributed by atoms with Crippen LogP contribution < -0.4 is 10.0 Å². The van der Waals surface area contributed by atoms with Crippen LogP contribution in [0, 0.1) is 6.92 Å². The van der Waals surface area contributed by atoms with Crippen molar-refractivity contribution in [1.29, 1.82) is 0 Å². The molecule has 0 atom stereocenters. The van der Waals surface area contributed by atoms with Crippen LogP contribution in [-0.2, 0) is 23.5 Å². The number of nitrogens with zero attached hydrogens (tertiary/aromatic N) is 3. The van der Waals surface area contributed by atoms with Gasteiger partial charge in [0.15, 0.2) is 5.03 Å². The Labute approximate surface area is 124 Å². The fourth-order valence-corrected chi connectivity index (χ4v) is 4.17. The SMILES string of the molecule is Cc1nc(S(=O)(=O)N2CCCc3cc(N)ccc32)cn1C. The Morgan fingerprint density at radius 2 is 2.10 bits per heavy atom. The van der Waals surface area contributed by atoms with Crippen molar-refractivity contribution < 1.29 is 8.42 Å². The van der Waals surface area contributed by atoms with Gasteiger partial charge in [0.2, 0.25) is 0 Å². The fourth-order valence-electron chi connectivity index (χ4n) is 2.60. The van der Waals surface area contributed by atoms with Gasteiger partial charge in [-0.15, -0.1) is 0 Å². The first kappa shape index (κ1) is 13.9. The number of hydrogen-bond acceptors (Lipinski definition) is 4. The largest absolute Gasteiger partial charge is 0.399 e. The third-order valence-corrected chi connectivity index (χ3v) is 5.51. The molecule has 0 unspecified atom stereocenters. The summed E-state index contributed by atoms with van der Waals surface area (Å²) in [5.74, 6) is 0.670. The number of aromatic nitrogens is 2. The van der Waals surface area contributed by atoms with E-state index in [0.29, 0.717) is 23.7 Å². The monoisotopic (exact) mass is 306 g/mol. The molecular formula is C14H18N4O2S. The molecule has 0 amide bonds. The van der Waals surface area contributed by atoms with Gasteiger partial charge in [-0.1, -0.05) is 0 Å². The van der Waals surface area contributed by atoms with Crippen LogP contribution in [-0.4, -0.2) is 24.5 Å². The fraction of sp³-hybridized carbons (Fsp3) is 0.357. The summed E-state index contributed by atoms with van der Waals surface area (Å²) in [6.07, 6.45) is 3.17. The number of rotatable bonds is 2. The average Bonchev–Trinajstić information content (AvgIpc) is 2.78. The first-order valence-electron chi connectivity index (χ1n) is 6.81. The van der Waals surface area contributed by atoms with Crippen molar-refractivity contribution in [3.8, 4) is 0 Å². The number of benzene rings is 1. The number of nitrogen functional groups attached to an aromatic ring is 1. The minimum absolute atomic E-state index is 0.0900. The molecule has 2 N–H and O–H groups in total. The van der Waals surface area contributed by atoms with E-state index in [-0.39, 0.29) is 5.03 Å². The number of nitrogens with two attached hydrogens (primary N) is 1. The molecule has 1 aromatic heterocycles. The lowest BCUT2D eigenvalue weighted by Gasteiger charge is -2.29. The van der Waals surface area contributed by atoms with E-state index in [0.717, 1.165) is 18.4 Å². The average molecular weight is 306 g/mol. The summed E-state index contributed by atoms with van der Waals surface area (Å²) in [7, 11) is -1.85. The van der Waals surface area contributed by atoms with Crippen LogP contribution in [0.3, 0.4) is 0 Å². The Morgan fingerprint density at radius 3 is 2.76 bits per heavy atom. The van der Waals surface area contributed by atoms with E-state index >= 15 is 0 Å². The van der Waals surface area contributed by atoms with Crippen molar-refractivity contribution in [2.45, 2.75) is 24.8 Å². The first-order valence-corrected chi connectivity index (χ1v) is 8.25. The second-order valence-electron chi connectivity index (χ2n) is 5.31. The van der Waals surface area contributed by atoms with Crippen molar-refractivity contribution in [1.82, 2.24) is 9.55 Å². The normalized spacial score (nSPS) is 15.0. The molecule has 1 aliphatic rings. The van der Waals surface area contributed by atoms with Gasteiger partial charge in [0, 0.05) is 25.5 Å². The van der Waals surface area contributed by atoms with Gasteiger partial charge in [-0.05, 0) is 43.5 Å². The van der Waals surface area contributed by atoms with Gasteiger partial charge in [0.05, 0.1) is 5.69 Å². The van der Waals surface area contributed by atoms with Crippen molar-refractivity contribution in [3.63, 3.8) is 0 Å². The molecule has 3 rings (SSSR count). The molecule has 7 heteroatoms. The van der Waals surface area contributed by atoms with Crippen molar-refractivity contribution in [2.75, 3.05) is 16.6 Å². The molecule has 1 aliphatic heterocycles. The standard InChI is InChI=1S/C14H18N4O2S/c1-10-16-14(9-17(10)2)21(19,20)18-7-3-4-11-8-12(15)5-6-13(11)18/h5-6,8-9H,3-4,7,15H2,1-2H3. The van der Waals surface area contributed by atoms with Gasteiger partial charge < -0.3 is 10.3 Å². The van der Waals surface area contributed by atoms with Crippen LogP contribution in [0.25, 0.3) is 0 Å². The smallest absolute Gasteiger partial charge is 0.283 e. The third-order valence-electron chi connectivity index (χ3n) is 3.82. The van der Waals surface area contributed by atoms with Gasteiger partial charge >= 0.3 is 0 Å². The molecule has 0 aliphatic carbocycles. The Bertz CT molecular complexity index is 776. The molecule has 21 heavy (non-hydrogen) atoms. The van der Waals surface area contributed by atoms with E-state index < -0.39 is 10.0 Å². The molecule has 112 valence electrons. The van der Waals surface area contributed by atoms with Crippen molar-refractivity contribution in [2.24, 2.45) is 7.05 Å².